The number of hydrogen-bond donors (Lipinski definition) is 0. The van der Waals surface area contributed by atoms with Gasteiger partial charge in [0.1, 0.15) is 6.29 Å². The number of carbonyl (C=O) groups excluding carboxylic acids is 1. The summed E-state index contributed by atoms with van der Waals surface area (Å²) >= 11 is 0. The molecule has 0 heterocycles. The molecule has 1 heteroatoms. The van der Waals surface area contributed by atoms with Gasteiger partial charge in [-0.25, -0.2) is 0 Å². The highest BCUT2D eigenvalue weighted by molar-refractivity contribution is 5.59. The van der Waals surface area contributed by atoms with Crippen LogP contribution in [0.2, 0.25) is 0 Å². The average Bonchev–Trinajstić information content (AvgIpc) is 2.54. The van der Waals surface area contributed by atoms with E-state index in [1.807, 2.05) is 0 Å². The highest BCUT2D eigenvalue weighted by Crippen LogP contribution is 2.41. The van der Waals surface area contributed by atoms with Crippen molar-refractivity contribution in [3.63, 3.8) is 0 Å². The van der Waals surface area contributed by atoms with E-state index in [0.717, 1.165) is 19.3 Å². The van der Waals surface area contributed by atoms with Crippen LogP contribution in [0.25, 0.3) is 0 Å². The van der Waals surface area contributed by atoms with Gasteiger partial charge in [0.05, 0.1) is 0 Å². The van der Waals surface area contributed by atoms with Crippen molar-refractivity contribution in [2.45, 2.75) is 52.4 Å². The van der Waals surface area contributed by atoms with Crippen molar-refractivity contribution in [3.05, 3.63) is 0 Å². The van der Waals surface area contributed by atoms with Crippen LogP contribution in [0, 0.1) is 11.3 Å². The molecule has 0 amide bonds. The van der Waals surface area contributed by atoms with Crippen LogP contribution in [-0.2, 0) is 4.79 Å². The summed E-state index contributed by atoms with van der Waals surface area (Å²) < 4.78 is 0. The fraction of sp³-hybridized carbons (Fsp3) is 0.909. The lowest BCUT2D eigenvalue weighted by Crippen LogP contribution is -2.21. The molecule has 0 aromatic heterocycles. The maximum Gasteiger partial charge on any atom is 0.126 e. The molecule has 0 bridgehead atoms. The van der Waals surface area contributed by atoms with E-state index in [2.05, 4.69) is 13.8 Å². The SMILES string of the molecule is CCC(C)CC1(C=O)CCCC1. The minimum atomic E-state index is 0.0788. The zero-order valence-corrected chi connectivity index (χ0v) is 8.31. The summed E-state index contributed by atoms with van der Waals surface area (Å²) in [5.74, 6) is 0.716. The maximum atomic E-state index is 11.0. The van der Waals surface area contributed by atoms with E-state index >= 15 is 0 Å². The lowest BCUT2D eigenvalue weighted by atomic mass is 9.79. The molecule has 12 heavy (non-hydrogen) atoms. The predicted molar refractivity (Wildman–Crippen MR) is 51.0 cm³/mol. The number of aldehydes is 1. The second-order valence-electron chi connectivity index (χ2n) is 4.40. The second kappa shape index (κ2) is 4.06. The van der Waals surface area contributed by atoms with Gasteiger partial charge in [-0.05, 0) is 25.2 Å². The van der Waals surface area contributed by atoms with Gasteiger partial charge in [0.25, 0.3) is 0 Å². The van der Waals surface area contributed by atoms with Crippen LogP contribution in [-0.4, -0.2) is 6.29 Å². The fourth-order valence-electron chi connectivity index (χ4n) is 2.29. The van der Waals surface area contributed by atoms with Crippen molar-refractivity contribution in [1.29, 1.82) is 0 Å². The average molecular weight is 168 g/mol. The Morgan fingerprint density at radius 1 is 1.42 bits per heavy atom. The molecule has 1 fully saturated rings. The topological polar surface area (TPSA) is 17.1 Å². The molecule has 1 atom stereocenters. The van der Waals surface area contributed by atoms with Crippen molar-refractivity contribution >= 4 is 6.29 Å². The first-order chi connectivity index (χ1) is 5.72. The van der Waals surface area contributed by atoms with E-state index in [1.165, 1.54) is 25.5 Å². The number of rotatable bonds is 4. The third-order valence-corrected chi connectivity index (χ3v) is 3.30. The number of hydrogen-bond acceptors (Lipinski definition) is 1. The zero-order valence-electron chi connectivity index (χ0n) is 8.31. The van der Waals surface area contributed by atoms with Gasteiger partial charge < -0.3 is 4.79 Å². The quantitative estimate of drug-likeness (QED) is 0.589. The van der Waals surface area contributed by atoms with Crippen molar-refractivity contribution in [1.82, 2.24) is 0 Å². The molecule has 0 aromatic carbocycles. The smallest absolute Gasteiger partial charge is 0.126 e. The van der Waals surface area contributed by atoms with Crippen LogP contribution in [0.4, 0.5) is 0 Å². The lowest BCUT2D eigenvalue weighted by molar-refractivity contribution is -0.116. The molecule has 0 aromatic rings. The summed E-state index contributed by atoms with van der Waals surface area (Å²) in [6.45, 7) is 4.46. The fourth-order valence-corrected chi connectivity index (χ4v) is 2.29. The second-order valence-corrected chi connectivity index (χ2v) is 4.40. The minimum absolute atomic E-state index is 0.0788. The lowest BCUT2D eigenvalue weighted by Gasteiger charge is -2.24. The normalized spacial score (nSPS) is 23.8. The van der Waals surface area contributed by atoms with Gasteiger partial charge in [0.2, 0.25) is 0 Å². The minimum Gasteiger partial charge on any atom is -0.303 e. The van der Waals surface area contributed by atoms with Crippen LogP contribution in [0.3, 0.4) is 0 Å². The summed E-state index contributed by atoms with van der Waals surface area (Å²) in [5, 5.41) is 0. The summed E-state index contributed by atoms with van der Waals surface area (Å²) in [5.41, 5.74) is 0.0788. The van der Waals surface area contributed by atoms with Gasteiger partial charge in [-0.1, -0.05) is 33.1 Å². The predicted octanol–water partition coefficient (Wildman–Crippen LogP) is 3.18. The first kappa shape index (κ1) is 9.76. The first-order valence-corrected chi connectivity index (χ1v) is 5.19. The molecule has 70 valence electrons. The molecule has 1 unspecified atom stereocenters. The Morgan fingerprint density at radius 3 is 2.42 bits per heavy atom. The summed E-state index contributed by atoms with van der Waals surface area (Å²) in [4.78, 5) is 11.0. The Bertz CT molecular complexity index is 145. The molecule has 0 N–H and O–H groups in total. The van der Waals surface area contributed by atoms with Crippen LogP contribution in [0.5, 0.6) is 0 Å². The van der Waals surface area contributed by atoms with Gasteiger partial charge in [0, 0.05) is 5.41 Å². The third-order valence-electron chi connectivity index (χ3n) is 3.30. The Hall–Kier alpha value is -0.330. The van der Waals surface area contributed by atoms with E-state index in [0.29, 0.717) is 5.92 Å². The van der Waals surface area contributed by atoms with Crippen LogP contribution >= 0.6 is 0 Å². The Balaban J connectivity index is 2.49. The standard InChI is InChI=1S/C11H20O/c1-3-10(2)8-11(9-12)6-4-5-7-11/h9-10H,3-8H2,1-2H3. The van der Waals surface area contributed by atoms with Gasteiger partial charge in [-0.2, -0.15) is 0 Å². The van der Waals surface area contributed by atoms with E-state index < -0.39 is 0 Å². The van der Waals surface area contributed by atoms with Crippen molar-refractivity contribution < 1.29 is 4.79 Å². The molecule has 1 aliphatic rings. The van der Waals surface area contributed by atoms with Crippen molar-refractivity contribution in [2.24, 2.45) is 11.3 Å². The molecular formula is C11H20O. The highest BCUT2D eigenvalue weighted by Gasteiger charge is 2.34. The van der Waals surface area contributed by atoms with E-state index in [1.54, 1.807) is 0 Å². The highest BCUT2D eigenvalue weighted by atomic mass is 16.1. The molecule has 1 nitrogen and oxygen atoms in total. The molecule has 0 saturated heterocycles. The monoisotopic (exact) mass is 168 g/mol. The van der Waals surface area contributed by atoms with Crippen LogP contribution < -0.4 is 0 Å². The van der Waals surface area contributed by atoms with Crippen LogP contribution in [0.15, 0.2) is 0 Å². The third kappa shape index (κ3) is 2.09. The van der Waals surface area contributed by atoms with Crippen LogP contribution in [0.1, 0.15) is 52.4 Å². The van der Waals surface area contributed by atoms with E-state index in [4.69, 9.17) is 0 Å². The van der Waals surface area contributed by atoms with Gasteiger partial charge >= 0.3 is 0 Å². The van der Waals surface area contributed by atoms with E-state index in [9.17, 15) is 4.79 Å². The first-order valence-electron chi connectivity index (χ1n) is 5.19. The summed E-state index contributed by atoms with van der Waals surface area (Å²) in [7, 11) is 0. The largest absolute Gasteiger partial charge is 0.303 e. The Labute approximate surface area is 75.5 Å². The van der Waals surface area contributed by atoms with Gasteiger partial charge in [-0.15, -0.1) is 0 Å². The Morgan fingerprint density at radius 2 is 2.00 bits per heavy atom. The number of carbonyl (C=O) groups is 1. The molecule has 1 rings (SSSR count). The zero-order chi connectivity index (χ0) is 9.03. The Kier molecular flexibility index (Phi) is 3.30. The molecule has 0 spiro atoms. The van der Waals surface area contributed by atoms with Crippen molar-refractivity contribution in [2.75, 3.05) is 0 Å². The van der Waals surface area contributed by atoms with Gasteiger partial charge in [-0.3, -0.25) is 0 Å². The molecular weight excluding hydrogens is 148 g/mol. The van der Waals surface area contributed by atoms with Crippen molar-refractivity contribution in [3.8, 4) is 0 Å². The van der Waals surface area contributed by atoms with Gasteiger partial charge in [0.15, 0.2) is 0 Å². The summed E-state index contributed by atoms with van der Waals surface area (Å²) in [6.07, 6.45) is 8.35. The maximum absolute atomic E-state index is 11.0. The molecule has 1 saturated carbocycles. The molecule has 0 aliphatic heterocycles. The molecule has 0 radical (unpaired) electrons. The summed E-state index contributed by atoms with van der Waals surface area (Å²) in [6, 6.07) is 0. The molecule has 1 aliphatic carbocycles. The van der Waals surface area contributed by atoms with E-state index in [-0.39, 0.29) is 5.41 Å².